The molecule has 2 amide bonds. The third-order valence-corrected chi connectivity index (χ3v) is 6.35. The Hall–Kier alpha value is -2.44. The molecule has 0 bridgehead atoms. The fourth-order valence-electron chi connectivity index (χ4n) is 3.75. The number of carbonyl (C=O) groups excluding carboxylic acids is 2. The zero-order valence-electron chi connectivity index (χ0n) is 18.7. The van der Waals surface area contributed by atoms with Crippen LogP contribution < -0.4 is 15.0 Å². The summed E-state index contributed by atoms with van der Waals surface area (Å²) in [6.07, 6.45) is 1.46. The van der Waals surface area contributed by atoms with Crippen LogP contribution >= 0.6 is 23.2 Å². The van der Waals surface area contributed by atoms with Gasteiger partial charge >= 0.3 is 0 Å². The van der Waals surface area contributed by atoms with Gasteiger partial charge in [-0.15, -0.1) is 0 Å². The Balaban J connectivity index is 1.54. The van der Waals surface area contributed by atoms with E-state index in [4.69, 9.17) is 27.9 Å². The molecule has 1 fully saturated rings. The van der Waals surface area contributed by atoms with E-state index >= 15 is 0 Å². The quantitative estimate of drug-likeness (QED) is 0.603. The van der Waals surface area contributed by atoms with Crippen LogP contribution in [0.5, 0.6) is 5.75 Å². The fourth-order valence-corrected chi connectivity index (χ4v) is 4.15. The number of rotatable bonds is 7. The molecule has 1 heterocycles. The number of hydrogen-bond acceptors (Lipinski definition) is 4. The molecule has 0 aliphatic carbocycles. The fraction of sp³-hybridized carbons (Fsp3) is 0.417. The van der Waals surface area contributed by atoms with Crippen molar-refractivity contribution in [2.45, 2.75) is 33.6 Å². The maximum Gasteiger partial charge on any atom is 0.262 e. The van der Waals surface area contributed by atoms with Crippen LogP contribution in [0.25, 0.3) is 0 Å². The number of nitrogens with one attached hydrogen (secondary N) is 1. The molecule has 0 spiro atoms. The minimum atomic E-state index is -0.276. The number of piperazine rings is 1. The van der Waals surface area contributed by atoms with E-state index in [0.29, 0.717) is 41.0 Å². The number of carbonyl (C=O) groups is 2. The normalized spacial score (nSPS) is 13.8. The van der Waals surface area contributed by atoms with Crippen LogP contribution in [-0.4, -0.2) is 49.5 Å². The zero-order chi connectivity index (χ0) is 23.3. The summed E-state index contributed by atoms with van der Waals surface area (Å²) >= 11 is 12.7. The molecule has 0 atom stereocenters. The molecule has 1 saturated heterocycles. The molecule has 0 unspecified atom stereocenters. The highest BCUT2D eigenvalue weighted by Gasteiger charge is 2.22. The third-order valence-electron chi connectivity index (χ3n) is 5.45. The summed E-state index contributed by atoms with van der Waals surface area (Å²) in [5.41, 5.74) is 3.31. The first-order valence-corrected chi connectivity index (χ1v) is 11.6. The summed E-state index contributed by atoms with van der Waals surface area (Å²) in [7, 11) is 0. The number of ether oxygens (including phenoxy) is 1. The lowest BCUT2D eigenvalue weighted by Gasteiger charge is -2.36. The number of aryl methyl sites for hydroxylation is 2. The Morgan fingerprint density at radius 3 is 2.28 bits per heavy atom. The lowest BCUT2D eigenvalue weighted by molar-refractivity contribution is -0.131. The Morgan fingerprint density at radius 1 is 1.03 bits per heavy atom. The molecular weight excluding hydrogens is 449 g/mol. The highest BCUT2D eigenvalue weighted by molar-refractivity contribution is 6.33. The van der Waals surface area contributed by atoms with Crippen molar-refractivity contribution in [1.29, 1.82) is 0 Å². The van der Waals surface area contributed by atoms with Crippen molar-refractivity contribution in [3.05, 3.63) is 51.5 Å². The summed E-state index contributed by atoms with van der Waals surface area (Å²) in [6.45, 7) is 8.53. The first-order chi connectivity index (χ1) is 15.3. The number of benzene rings is 2. The monoisotopic (exact) mass is 477 g/mol. The van der Waals surface area contributed by atoms with E-state index in [9.17, 15) is 9.59 Å². The van der Waals surface area contributed by atoms with E-state index in [0.717, 1.165) is 36.3 Å². The highest BCUT2D eigenvalue weighted by Crippen LogP contribution is 2.30. The van der Waals surface area contributed by atoms with Crippen molar-refractivity contribution in [2.75, 3.05) is 43.0 Å². The van der Waals surface area contributed by atoms with Gasteiger partial charge < -0.3 is 19.9 Å². The number of nitrogens with zero attached hydrogens (tertiary/aromatic N) is 2. The maximum atomic E-state index is 12.3. The summed E-state index contributed by atoms with van der Waals surface area (Å²) in [5.74, 6) is 0.536. The van der Waals surface area contributed by atoms with Crippen LogP contribution in [0.3, 0.4) is 0 Å². The minimum absolute atomic E-state index is 0.117. The summed E-state index contributed by atoms with van der Waals surface area (Å²) in [5, 5.41) is 4.07. The van der Waals surface area contributed by atoms with E-state index in [1.54, 1.807) is 6.07 Å². The van der Waals surface area contributed by atoms with Gasteiger partial charge in [-0.3, -0.25) is 9.59 Å². The Bertz CT molecular complexity index is 965. The van der Waals surface area contributed by atoms with Gasteiger partial charge in [0, 0.05) is 43.3 Å². The predicted octanol–water partition coefficient (Wildman–Crippen LogP) is 5.08. The van der Waals surface area contributed by atoms with Crippen LogP contribution in [0.15, 0.2) is 30.3 Å². The van der Waals surface area contributed by atoms with Gasteiger partial charge in [-0.05, 0) is 61.7 Å². The number of anilines is 2. The van der Waals surface area contributed by atoms with Crippen LogP contribution in [0.2, 0.25) is 10.0 Å². The van der Waals surface area contributed by atoms with E-state index < -0.39 is 0 Å². The second-order valence-electron chi connectivity index (χ2n) is 7.99. The van der Waals surface area contributed by atoms with Crippen molar-refractivity contribution >= 4 is 46.4 Å². The number of hydrogen-bond donors (Lipinski definition) is 1. The summed E-state index contributed by atoms with van der Waals surface area (Å²) < 4.78 is 5.61. The van der Waals surface area contributed by atoms with E-state index in [2.05, 4.69) is 10.2 Å². The van der Waals surface area contributed by atoms with Gasteiger partial charge in [0.25, 0.3) is 5.91 Å². The minimum Gasteiger partial charge on any atom is -0.484 e. The molecule has 8 heteroatoms. The van der Waals surface area contributed by atoms with Crippen LogP contribution in [0, 0.1) is 13.8 Å². The molecule has 1 N–H and O–H groups in total. The topological polar surface area (TPSA) is 61.9 Å². The van der Waals surface area contributed by atoms with Crippen molar-refractivity contribution in [2.24, 2.45) is 0 Å². The highest BCUT2D eigenvalue weighted by atomic mass is 35.5. The molecule has 1 aliphatic rings. The van der Waals surface area contributed by atoms with Crippen molar-refractivity contribution in [1.82, 2.24) is 4.90 Å². The molecule has 0 aromatic heterocycles. The third kappa shape index (κ3) is 6.08. The molecule has 1 aliphatic heterocycles. The largest absolute Gasteiger partial charge is 0.484 e. The second kappa shape index (κ2) is 10.9. The lowest BCUT2D eigenvalue weighted by Crippen LogP contribution is -2.48. The van der Waals surface area contributed by atoms with Crippen molar-refractivity contribution in [3.63, 3.8) is 0 Å². The maximum absolute atomic E-state index is 12.3. The van der Waals surface area contributed by atoms with Crippen LogP contribution in [-0.2, 0) is 9.59 Å². The van der Waals surface area contributed by atoms with E-state index in [-0.39, 0.29) is 18.4 Å². The molecule has 32 heavy (non-hydrogen) atoms. The van der Waals surface area contributed by atoms with Gasteiger partial charge in [0.2, 0.25) is 5.91 Å². The number of amides is 2. The first-order valence-electron chi connectivity index (χ1n) is 10.8. The van der Waals surface area contributed by atoms with Gasteiger partial charge in [-0.2, -0.15) is 0 Å². The van der Waals surface area contributed by atoms with Crippen LogP contribution in [0.1, 0.15) is 30.9 Å². The predicted molar refractivity (Wildman–Crippen MR) is 130 cm³/mol. The van der Waals surface area contributed by atoms with Gasteiger partial charge in [-0.1, -0.05) is 30.1 Å². The van der Waals surface area contributed by atoms with Gasteiger partial charge in [0.05, 0.1) is 10.7 Å². The van der Waals surface area contributed by atoms with Crippen molar-refractivity contribution in [3.8, 4) is 5.75 Å². The molecule has 6 nitrogen and oxygen atoms in total. The standard InChI is InChI=1S/C24H29Cl2N3O3/c1-4-5-23(31)29-10-8-28(9-11-29)21-7-6-18(14-20(21)25)27-22(30)15-32-19-12-16(2)24(26)17(3)13-19/h6-7,12-14H,4-5,8-11,15H2,1-3H3,(H,27,30). The molecular formula is C24H29Cl2N3O3. The second-order valence-corrected chi connectivity index (χ2v) is 8.78. The Kier molecular flexibility index (Phi) is 8.26. The Labute approximate surface area is 199 Å². The van der Waals surface area contributed by atoms with Crippen LogP contribution in [0.4, 0.5) is 11.4 Å². The Morgan fingerprint density at radius 2 is 1.69 bits per heavy atom. The zero-order valence-corrected chi connectivity index (χ0v) is 20.2. The first kappa shape index (κ1) is 24.2. The SMILES string of the molecule is CCCC(=O)N1CCN(c2ccc(NC(=O)COc3cc(C)c(Cl)c(C)c3)cc2Cl)CC1. The molecule has 2 aromatic carbocycles. The van der Waals surface area contributed by atoms with Gasteiger partial charge in [0.15, 0.2) is 6.61 Å². The molecule has 2 aromatic rings. The molecule has 3 rings (SSSR count). The lowest BCUT2D eigenvalue weighted by atomic mass is 10.1. The molecule has 0 saturated carbocycles. The summed E-state index contributed by atoms with van der Waals surface area (Å²) in [4.78, 5) is 28.5. The molecule has 172 valence electrons. The average Bonchev–Trinajstić information content (AvgIpc) is 2.76. The van der Waals surface area contributed by atoms with E-state index in [1.807, 2.05) is 49.9 Å². The van der Waals surface area contributed by atoms with Crippen molar-refractivity contribution < 1.29 is 14.3 Å². The van der Waals surface area contributed by atoms with Gasteiger partial charge in [-0.25, -0.2) is 0 Å². The molecule has 0 radical (unpaired) electrons. The number of halogens is 2. The summed E-state index contributed by atoms with van der Waals surface area (Å²) in [6, 6.07) is 9.08. The van der Waals surface area contributed by atoms with Gasteiger partial charge in [0.1, 0.15) is 5.75 Å². The van der Waals surface area contributed by atoms with E-state index in [1.165, 1.54) is 0 Å². The average molecular weight is 478 g/mol. The smallest absolute Gasteiger partial charge is 0.262 e.